The highest BCUT2D eigenvalue weighted by Gasteiger charge is 2.24. The van der Waals surface area contributed by atoms with Crippen LogP contribution in [0.4, 0.5) is 4.79 Å². The first-order valence-electron chi connectivity index (χ1n) is 10.4. The van der Waals surface area contributed by atoms with Gasteiger partial charge in [-0.3, -0.25) is 9.78 Å². The molecular weight excluding hydrogens is 390 g/mol. The molecule has 3 aromatic rings. The van der Waals surface area contributed by atoms with E-state index in [1.165, 1.54) is 11.8 Å². The third-order valence-corrected chi connectivity index (χ3v) is 5.64. The maximum atomic E-state index is 12.6. The zero-order valence-corrected chi connectivity index (χ0v) is 17.2. The standard InChI is InChI=1S/C25H25N3O3/c26-24(29)21-8-4-7-20(14-21)22-15-23(17-27-16-22)31-25(30)28-11-9-19(10-12-28)13-18-5-2-1-3-6-18/h1-8,14-17,19H,9-13H2,(H2,26,29). The molecule has 0 bridgehead atoms. The molecule has 2 heterocycles. The van der Waals surface area contributed by atoms with Crippen LogP contribution >= 0.6 is 0 Å². The molecule has 1 aliphatic rings. The predicted molar refractivity (Wildman–Crippen MR) is 119 cm³/mol. The number of benzene rings is 2. The quantitative estimate of drug-likeness (QED) is 0.673. The number of nitrogens with zero attached hydrogens (tertiary/aromatic N) is 2. The molecule has 1 aromatic heterocycles. The Morgan fingerprint density at radius 1 is 0.968 bits per heavy atom. The molecule has 2 aromatic carbocycles. The number of pyridine rings is 1. The molecule has 158 valence electrons. The van der Waals surface area contributed by atoms with E-state index in [0.29, 0.717) is 30.3 Å². The normalized spacial score (nSPS) is 14.3. The van der Waals surface area contributed by atoms with Gasteiger partial charge >= 0.3 is 6.09 Å². The molecule has 2 N–H and O–H groups in total. The molecule has 2 amide bonds. The number of carbonyl (C=O) groups is 2. The average Bonchev–Trinajstić information content (AvgIpc) is 2.80. The molecule has 6 nitrogen and oxygen atoms in total. The van der Waals surface area contributed by atoms with E-state index in [0.717, 1.165) is 30.4 Å². The lowest BCUT2D eigenvalue weighted by Gasteiger charge is -2.31. The number of aromatic nitrogens is 1. The number of hydrogen-bond donors (Lipinski definition) is 1. The number of nitrogens with two attached hydrogens (primary N) is 1. The average molecular weight is 415 g/mol. The second-order valence-corrected chi connectivity index (χ2v) is 7.84. The first kappa shape index (κ1) is 20.6. The third-order valence-electron chi connectivity index (χ3n) is 5.64. The Labute approximate surface area is 181 Å². The molecule has 0 aliphatic carbocycles. The predicted octanol–water partition coefficient (Wildman–Crippen LogP) is 4.30. The summed E-state index contributed by atoms with van der Waals surface area (Å²) in [6.45, 7) is 1.37. The molecule has 31 heavy (non-hydrogen) atoms. The molecular formula is C25H25N3O3. The van der Waals surface area contributed by atoms with Crippen molar-refractivity contribution < 1.29 is 14.3 Å². The van der Waals surface area contributed by atoms with Crippen LogP contribution in [0.5, 0.6) is 5.75 Å². The molecule has 0 spiro atoms. The van der Waals surface area contributed by atoms with Gasteiger partial charge in [-0.25, -0.2) is 4.79 Å². The van der Waals surface area contributed by atoms with Gasteiger partial charge < -0.3 is 15.4 Å². The van der Waals surface area contributed by atoms with Crippen molar-refractivity contribution in [1.29, 1.82) is 0 Å². The zero-order valence-electron chi connectivity index (χ0n) is 17.2. The van der Waals surface area contributed by atoms with Gasteiger partial charge in [-0.2, -0.15) is 0 Å². The van der Waals surface area contributed by atoms with Crippen molar-refractivity contribution in [3.8, 4) is 16.9 Å². The number of likely N-dealkylation sites (tertiary alicyclic amines) is 1. The van der Waals surface area contributed by atoms with Crippen LogP contribution in [0.25, 0.3) is 11.1 Å². The maximum absolute atomic E-state index is 12.6. The molecule has 1 saturated heterocycles. The summed E-state index contributed by atoms with van der Waals surface area (Å²) in [5.74, 6) is 0.459. The molecule has 0 saturated carbocycles. The van der Waals surface area contributed by atoms with Crippen molar-refractivity contribution >= 4 is 12.0 Å². The van der Waals surface area contributed by atoms with Crippen LogP contribution in [-0.2, 0) is 6.42 Å². The minimum Gasteiger partial charge on any atom is -0.409 e. The van der Waals surface area contributed by atoms with Crippen molar-refractivity contribution in [1.82, 2.24) is 9.88 Å². The lowest BCUT2D eigenvalue weighted by molar-refractivity contribution is 0.1000. The minimum absolute atomic E-state index is 0.358. The molecule has 0 atom stereocenters. The van der Waals surface area contributed by atoms with Gasteiger partial charge in [0.2, 0.25) is 5.91 Å². The van der Waals surface area contributed by atoms with E-state index in [2.05, 4.69) is 29.2 Å². The number of carbonyl (C=O) groups excluding carboxylic acids is 2. The Morgan fingerprint density at radius 3 is 2.48 bits per heavy atom. The Bertz CT molecular complexity index is 1060. The fraction of sp³-hybridized carbons (Fsp3) is 0.240. The summed E-state index contributed by atoms with van der Waals surface area (Å²) in [4.78, 5) is 30.0. The molecule has 0 unspecified atom stereocenters. The number of hydrogen-bond acceptors (Lipinski definition) is 4. The molecule has 0 radical (unpaired) electrons. The van der Waals surface area contributed by atoms with Gasteiger partial charge in [0, 0.05) is 30.4 Å². The number of rotatable bonds is 5. The Morgan fingerprint density at radius 2 is 1.74 bits per heavy atom. The Kier molecular flexibility index (Phi) is 6.26. The van der Waals surface area contributed by atoms with E-state index in [4.69, 9.17) is 10.5 Å². The second kappa shape index (κ2) is 9.43. The van der Waals surface area contributed by atoms with Gasteiger partial charge in [-0.05, 0) is 54.5 Å². The summed E-state index contributed by atoms with van der Waals surface area (Å²) >= 11 is 0. The summed E-state index contributed by atoms with van der Waals surface area (Å²) in [6, 6.07) is 19.2. The van der Waals surface area contributed by atoms with Crippen molar-refractivity contribution in [3.05, 3.63) is 84.2 Å². The maximum Gasteiger partial charge on any atom is 0.415 e. The Balaban J connectivity index is 1.36. The SMILES string of the molecule is NC(=O)c1cccc(-c2cncc(OC(=O)N3CCC(Cc4ccccc4)CC3)c2)c1. The molecule has 6 heteroatoms. The van der Waals surface area contributed by atoms with Crippen LogP contribution in [0.1, 0.15) is 28.8 Å². The summed E-state index contributed by atoms with van der Waals surface area (Å²) in [5.41, 5.74) is 8.64. The van der Waals surface area contributed by atoms with Gasteiger partial charge in [0.05, 0.1) is 6.20 Å². The van der Waals surface area contributed by atoms with Gasteiger partial charge in [0.25, 0.3) is 0 Å². The highest BCUT2D eigenvalue weighted by Crippen LogP contribution is 2.25. The van der Waals surface area contributed by atoms with Gasteiger partial charge in [0.15, 0.2) is 5.75 Å². The third kappa shape index (κ3) is 5.28. The van der Waals surface area contributed by atoms with Crippen molar-refractivity contribution in [2.24, 2.45) is 11.7 Å². The van der Waals surface area contributed by atoms with Crippen molar-refractivity contribution in [3.63, 3.8) is 0 Å². The zero-order chi connectivity index (χ0) is 21.6. The summed E-state index contributed by atoms with van der Waals surface area (Å²) in [7, 11) is 0. The second-order valence-electron chi connectivity index (χ2n) is 7.84. The van der Waals surface area contributed by atoms with Crippen LogP contribution in [0.15, 0.2) is 73.1 Å². The largest absolute Gasteiger partial charge is 0.415 e. The van der Waals surface area contributed by atoms with Gasteiger partial charge in [0.1, 0.15) is 0 Å². The van der Waals surface area contributed by atoms with E-state index < -0.39 is 5.91 Å². The van der Waals surface area contributed by atoms with Gasteiger partial charge in [-0.1, -0.05) is 42.5 Å². The smallest absolute Gasteiger partial charge is 0.409 e. The van der Waals surface area contributed by atoms with E-state index in [1.807, 2.05) is 12.1 Å². The summed E-state index contributed by atoms with van der Waals surface area (Å²) in [6.07, 6.45) is 5.78. The van der Waals surface area contributed by atoms with E-state index >= 15 is 0 Å². The highest BCUT2D eigenvalue weighted by atomic mass is 16.6. The topological polar surface area (TPSA) is 85.5 Å². The van der Waals surface area contributed by atoms with Crippen LogP contribution in [-0.4, -0.2) is 35.0 Å². The summed E-state index contributed by atoms with van der Waals surface area (Å²) < 4.78 is 5.58. The van der Waals surface area contributed by atoms with Crippen molar-refractivity contribution in [2.75, 3.05) is 13.1 Å². The van der Waals surface area contributed by atoms with Crippen molar-refractivity contribution in [2.45, 2.75) is 19.3 Å². The summed E-state index contributed by atoms with van der Waals surface area (Å²) in [5, 5.41) is 0. The van der Waals surface area contributed by atoms with Crippen LogP contribution < -0.4 is 10.5 Å². The fourth-order valence-corrected chi connectivity index (χ4v) is 3.92. The molecule has 1 aliphatic heterocycles. The Hall–Kier alpha value is -3.67. The number of amides is 2. The first-order chi connectivity index (χ1) is 15.1. The minimum atomic E-state index is -0.493. The fourth-order valence-electron chi connectivity index (χ4n) is 3.92. The first-order valence-corrected chi connectivity index (χ1v) is 10.4. The van der Waals surface area contributed by atoms with Crippen LogP contribution in [0.3, 0.4) is 0 Å². The number of primary amides is 1. The van der Waals surface area contributed by atoms with Crippen LogP contribution in [0, 0.1) is 5.92 Å². The number of ether oxygens (including phenoxy) is 1. The van der Waals surface area contributed by atoms with Gasteiger partial charge in [-0.15, -0.1) is 0 Å². The van der Waals surface area contributed by atoms with E-state index in [-0.39, 0.29) is 6.09 Å². The lowest BCUT2D eigenvalue weighted by atomic mass is 9.90. The lowest BCUT2D eigenvalue weighted by Crippen LogP contribution is -2.40. The number of piperidine rings is 1. The highest BCUT2D eigenvalue weighted by molar-refractivity contribution is 5.94. The van der Waals surface area contributed by atoms with E-state index in [1.54, 1.807) is 35.4 Å². The van der Waals surface area contributed by atoms with E-state index in [9.17, 15) is 9.59 Å². The molecule has 4 rings (SSSR count). The van der Waals surface area contributed by atoms with Crippen LogP contribution in [0.2, 0.25) is 0 Å². The molecule has 1 fully saturated rings. The monoisotopic (exact) mass is 415 g/mol.